The van der Waals surface area contributed by atoms with Crippen molar-refractivity contribution in [2.75, 3.05) is 39.6 Å². The lowest BCUT2D eigenvalue weighted by Crippen LogP contribution is -2.30. The summed E-state index contributed by atoms with van der Waals surface area (Å²) < 4.78 is 61.1. The predicted molar refractivity (Wildman–Crippen MR) is 435 cm³/mol. The average molecular weight is 1510 g/mol. The van der Waals surface area contributed by atoms with Crippen LogP contribution in [0, 0.1) is 0 Å². The number of carbonyl (C=O) groups is 3. The van der Waals surface area contributed by atoms with Gasteiger partial charge in [0, 0.05) is 19.3 Å². The molecule has 18 heteroatoms. The Hall–Kier alpha value is -4.83. The van der Waals surface area contributed by atoms with E-state index < -0.39 is 91.5 Å². The molecule has 0 rings (SSSR count). The zero-order valence-corrected chi connectivity index (χ0v) is 67.4. The zero-order valence-electron chi connectivity index (χ0n) is 65.6. The van der Waals surface area contributed by atoms with Gasteiger partial charge in [0.1, 0.15) is 25.4 Å². The van der Waals surface area contributed by atoms with Gasteiger partial charge in [-0.3, -0.25) is 32.5 Å². The van der Waals surface area contributed by atoms with Crippen molar-refractivity contribution in [1.29, 1.82) is 0 Å². The third kappa shape index (κ3) is 80.0. The highest BCUT2D eigenvalue weighted by molar-refractivity contribution is 7.47. The SMILES string of the molecule is CC/C=C\C/C=C\C/C=C\C/C=C\C/C=C\C/C=C\CCCCCCCCCCCCCCCCCCC(=O)OCC(O)COP(=O)(O)OCC(O)COP(=O)(O)OCC(COC(=O)CCCCCCCC/C=C\C/C=C\C/C=C\C/C=C\CC)OC(=O)CCCCCCC/C=C\C/C=C\C/C=C\CC. The van der Waals surface area contributed by atoms with Crippen LogP contribution in [0.2, 0.25) is 0 Å². The summed E-state index contributed by atoms with van der Waals surface area (Å²) in [6.07, 6.45) is 98.8. The Morgan fingerprint density at radius 1 is 0.267 bits per heavy atom. The fourth-order valence-corrected chi connectivity index (χ4v) is 12.2. The van der Waals surface area contributed by atoms with Crippen LogP contribution in [-0.4, -0.2) is 95.9 Å². The quantitative estimate of drug-likeness (QED) is 0.0146. The molecule has 0 aromatic heterocycles. The maximum absolute atomic E-state index is 13.0. The maximum atomic E-state index is 13.0. The van der Waals surface area contributed by atoms with E-state index in [1.54, 1.807) is 0 Å². The van der Waals surface area contributed by atoms with Crippen molar-refractivity contribution in [2.24, 2.45) is 0 Å². The minimum atomic E-state index is -4.94. The van der Waals surface area contributed by atoms with Crippen molar-refractivity contribution in [1.82, 2.24) is 0 Å². The van der Waals surface area contributed by atoms with E-state index >= 15 is 0 Å². The third-order valence-corrected chi connectivity index (χ3v) is 18.6. The van der Waals surface area contributed by atoms with Gasteiger partial charge in [-0.2, -0.15) is 0 Å². The van der Waals surface area contributed by atoms with Crippen molar-refractivity contribution in [3.8, 4) is 0 Å². The first-order chi connectivity index (χ1) is 51.2. The van der Waals surface area contributed by atoms with Crippen molar-refractivity contribution >= 4 is 33.6 Å². The van der Waals surface area contributed by atoms with Gasteiger partial charge in [0.05, 0.1) is 26.4 Å². The van der Waals surface area contributed by atoms with Crippen molar-refractivity contribution in [2.45, 2.75) is 334 Å². The predicted octanol–water partition coefficient (Wildman–Crippen LogP) is 24.2. The molecule has 0 aromatic carbocycles. The number of ether oxygens (including phenoxy) is 3. The highest BCUT2D eigenvalue weighted by atomic mass is 31.2. The Bertz CT molecular complexity index is 2540. The fraction of sp³-hybridized carbons (Fsp3) is 0.667. The monoisotopic (exact) mass is 1510 g/mol. The van der Waals surface area contributed by atoms with Crippen LogP contribution in [0.5, 0.6) is 0 Å². The molecule has 0 aliphatic heterocycles. The largest absolute Gasteiger partial charge is 0.472 e. The first kappa shape index (κ1) is 100. The molecule has 0 aliphatic rings. The van der Waals surface area contributed by atoms with E-state index in [-0.39, 0.29) is 19.3 Å². The average Bonchev–Trinajstić information content (AvgIpc) is 0.942. The molecule has 600 valence electrons. The number of hydrogen-bond donors (Lipinski definition) is 4. The second-order valence-electron chi connectivity index (χ2n) is 26.8. The minimum Gasteiger partial charge on any atom is -0.463 e. The molecule has 5 unspecified atom stereocenters. The first-order valence-corrected chi connectivity index (χ1v) is 43.8. The summed E-state index contributed by atoms with van der Waals surface area (Å²) in [5, 5.41) is 20.7. The number of phosphoric acid groups is 2. The Morgan fingerprint density at radius 3 is 0.752 bits per heavy atom. The van der Waals surface area contributed by atoms with Gasteiger partial charge < -0.3 is 34.2 Å². The number of carbonyl (C=O) groups excluding carboxylic acids is 3. The van der Waals surface area contributed by atoms with E-state index in [0.717, 1.165) is 173 Å². The molecule has 0 amide bonds. The Kier molecular flexibility index (Phi) is 75.1. The molecule has 0 saturated carbocycles. The summed E-state index contributed by atoms with van der Waals surface area (Å²) in [4.78, 5) is 58.6. The summed E-state index contributed by atoms with van der Waals surface area (Å²) in [5.74, 6) is -1.61. The van der Waals surface area contributed by atoms with E-state index in [1.165, 1.54) is 83.5 Å². The molecule has 4 N–H and O–H groups in total. The number of esters is 3. The second kappa shape index (κ2) is 78.7. The van der Waals surface area contributed by atoms with Crippen molar-refractivity contribution < 1.29 is 75.8 Å². The number of allylic oxidation sites excluding steroid dienone is 26. The Labute approximate surface area is 638 Å². The minimum absolute atomic E-state index is 0.0781. The van der Waals surface area contributed by atoms with E-state index in [1.807, 2.05) is 0 Å². The van der Waals surface area contributed by atoms with Gasteiger partial charge in [0.25, 0.3) is 0 Å². The van der Waals surface area contributed by atoms with Gasteiger partial charge in [0.2, 0.25) is 0 Å². The molecule has 0 saturated heterocycles. The molecule has 5 atom stereocenters. The molecule has 0 aliphatic carbocycles. The second-order valence-corrected chi connectivity index (χ2v) is 29.7. The third-order valence-electron chi connectivity index (χ3n) is 16.7. The number of phosphoric ester groups is 2. The van der Waals surface area contributed by atoms with Gasteiger partial charge in [-0.1, -0.05) is 314 Å². The van der Waals surface area contributed by atoms with Crippen LogP contribution in [0.4, 0.5) is 0 Å². The lowest BCUT2D eigenvalue weighted by Gasteiger charge is -2.21. The number of aliphatic hydroxyl groups is 2. The van der Waals surface area contributed by atoms with Crippen molar-refractivity contribution in [3.05, 3.63) is 158 Å². The molecule has 0 radical (unpaired) electrons. The smallest absolute Gasteiger partial charge is 0.463 e. The summed E-state index contributed by atoms with van der Waals surface area (Å²) in [5.41, 5.74) is 0. The number of hydrogen-bond acceptors (Lipinski definition) is 14. The van der Waals surface area contributed by atoms with Crippen LogP contribution >= 0.6 is 15.6 Å². The van der Waals surface area contributed by atoms with Crippen LogP contribution in [0.1, 0.15) is 316 Å². The molecular formula is C87H146O16P2. The molecule has 0 bridgehead atoms. The highest BCUT2D eigenvalue weighted by Gasteiger charge is 2.29. The summed E-state index contributed by atoms with van der Waals surface area (Å²) >= 11 is 0. The summed E-state index contributed by atoms with van der Waals surface area (Å²) in [7, 11) is -9.80. The number of rotatable bonds is 76. The lowest BCUT2D eigenvalue weighted by atomic mass is 10.0. The van der Waals surface area contributed by atoms with Crippen LogP contribution < -0.4 is 0 Å². The Balaban J connectivity index is 4.43. The molecule has 0 fully saturated rings. The van der Waals surface area contributed by atoms with Crippen molar-refractivity contribution in [3.63, 3.8) is 0 Å². The van der Waals surface area contributed by atoms with Crippen LogP contribution in [-0.2, 0) is 55.8 Å². The molecule has 16 nitrogen and oxygen atoms in total. The molecular weight excluding hydrogens is 1360 g/mol. The van der Waals surface area contributed by atoms with Gasteiger partial charge in [-0.15, -0.1) is 0 Å². The molecule has 0 heterocycles. The normalized spacial score (nSPS) is 14.8. The van der Waals surface area contributed by atoms with E-state index in [9.17, 15) is 43.5 Å². The zero-order chi connectivity index (χ0) is 76.6. The topological polar surface area (TPSA) is 231 Å². The van der Waals surface area contributed by atoms with E-state index in [4.69, 9.17) is 32.3 Å². The molecule has 0 spiro atoms. The van der Waals surface area contributed by atoms with Gasteiger partial charge in [0.15, 0.2) is 6.10 Å². The van der Waals surface area contributed by atoms with E-state index in [2.05, 4.69) is 179 Å². The van der Waals surface area contributed by atoms with Gasteiger partial charge in [-0.25, -0.2) is 9.13 Å². The summed E-state index contributed by atoms with van der Waals surface area (Å²) in [6.45, 7) is 2.31. The molecule has 105 heavy (non-hydrogen) atoms. The fourth-order valence-electron chi connectivity index (χ4n) is 10.6. The van der Waals surface area contributed by atoms with Gasteiger partial charge >= 0.3 is 33.6 Å². The number of unbranched alkanes of at least 4 members (excludes halogenated alkanes) is 27. The molecule has 0 aromatic rings. The highest BCUT2D eigenvalue weighted by Crippen LogP contribution is 2.45. The lowest BCUT2D eigenvalue weighted by molar-refractivity contribution is -0.161. The number of aliphatic hydroxyl groups excluding tert-OH is 2. The maximum Gasteiger partial charge on any atom is 0.472 e. The van der Waals surface area contributed by atoms with Crippen LogP contribution in [0.3, 0.4) is 0 Å². The first-order valence-electron chi connectivity index (χ1n) is 40.8. The van der Waals surface area contributed by atoms with Gasteiger partial charge in [-0.05, 0) is 141 Å². The van der Waals surface area contributed by atoms with Crippen LogP contribution in [0.15, 0.2) is 158 Å². The van der Waals surface area contributed by atoms with Crippen LogP contribution in [0.25, 0.3) is 0 Å². The standard InChI is InChI=1S/C87H146O16P2/c1-4-7-10-13-16-19-22-25-28-30-32-33-34-35-36-37-38-39-40-41-42-43-44-45-46-47-49-51-53-55-58-61-64-67-70-73-85(90)97-76-82(88)77-99-104(93,94)100-78-83(89)79-101-105(95,96)102-81-84(103-87(92)75-72-69-66-63-60-57-52-27-24-21-18-15-12-9-6-3)80-98-86(91)74-71-68-65-62-59-56-54-50-48-31-29-26-23-20-17-14-11-8-5-2/h7-12,16-21,25-29,32-33,35-36,38-39,48,50,52,82-84,88-89H,4-6,13-15,22-24,30-31,34,37,40-47,49,51,53-81H2,1-3H3,(H,93,94)(H,95,96)/b10-7-,11-8-,12-9-,19-16-,20-17-,21-18-,28-25-,29-26-,33-32-,36-35-,39-38-,50-48-,52-27-. The summed E-state index contributed by atoms with van der Waals surface area (Å²) in [6, 6.07) is 0. The Morgan fingerprint density at radius 2 is 0.476 bits per heavy atom. The van der Waals surface area contributed by atoms with E-state index in [0.29, 0.717) is 19.3 Å².